The van der Waals surface area contributed by atoms with Crippen molar-refractivity contribution in [2.24, 2.45) is 0 Å². The molecule has 0 bridgehead atoms. The van der Waals surface area contributed by atoms with E-state index in [1.165, 1.54) is 11.3 Å². The molecule has 1 N–H and O–H groups in total. The predicted molar refractivity (Wildman–Crippen MR) is 79.7 cm³/mol. The van der Waals surface area contributed by atoms with E-state index in [1.807, 2.05) is 12.3 Å². The average molecular weight is 361 g/mol. The maximum absolute atomic E-state index is 12.3. The van der Waals surface area contributed by atoms with Crippen LogP contribution < -0.4 is 4.72 Å². The molecule has 2 aromatic rings. The van der Waals surface area contributed by atoms with Gasteiger partial charge in [0.25, 0.3) is 0 Å². The fourth-order valence-corrected chi connectivity index (χ4v) is 4.74. The van der Waals surface area contributed by atoms with Gasteiger partial charge in [0.05, 0.1) is 10.9 Å². The van der Waals surface area contributed by atoms with E-state index in [1.54, 1.807) is 31.3 Å². The molecule has 2 rings (SSSR count). The zero-order valence-corrected chi connectivity index (χ0v) is 13.6. The summed E-state index contributed by atoms with van der Waals surface area (Å²) < 4.78 is 27.8. The lowest BCUT2D eigenvalue weighted by Gasteiger charge is -2.13. The fourth-order valence-electron chi connectivity index (χ4n) is 1.62. The Hall–Kier alpha value is -0.760. The number of sulfonamides is 1. The maximum atomic E-state index is 12.3. The second-order valence-electron chi connectivity index (χ2n) is 4.15. The predicted octanol–water partition coefficient (Wildman–Crippen LogP) is 3.25. The van der Waals surface area contributed by atoms with Crippen LogP contribution in [0.4, 0.5) is 0 Å². The van der Waals surface area contributed by atoms with Crippen LogP contribution in [0.3, 0.4) is 0 Å². The van der Waals surface area contributed by atoms with Crippen molar-refractivity contribution in [2.75, 3.05) is 0 Å². The molecule has 1 atom stereocenters. The van der Waals surface area contributed by atoms with Gasteiger partial charge >= 0.3 is 0 Å². The molecule has 1 aromatic carbocycles. The summed E-state index contributed by atoms with van der Waals surface area (Å²) in [4.78, 5) is 4.35. The Kier molecular flexibility index (Phi) is 4.39. The molecule has 0 saturated heterocycles. The summed E-state index contributed by atoms with van der Waals surface area (Å²) in [7, 11) is -3.56. The Morgan fingerprint density at radius 3 is 2.74 bits per heavy atom. The molecule has 0 radical (unpaired) electrons. The quantitative estimate of drug-likeness (QED) is 0.910. The van der Waals surface area contributed by atoms with Crippen LogP contribution in [-0.2, 0) is 10.0 Å². The molecule has 0 aliphatic carbocycles. The monoisotopic (exact) mass is 360 g/mol. The molecule has 7 heteroatoms. The first-order valence-electron chi connectivity index (χ1n) is 5.58. The summed E-state index contributed by atoms with van der Waals surface area (Å²) in [5, 5.41) is 2.56. The Balaban J connectivity index is 2.28. The van der Waals surface area contributed by atoms with E-state index in [-0.39, 0.29) is 10.9 Å². The van der Waals surface area contributed by atoms with Crippen LogP contribution in [0, 0.1) is 6.92 Å². The van der Waals surface area contributed by atoms with E-state index in [0.29, 0.717) is 4.47 Å². The van der Waals surface area contributed by atoms with Crippen molar-refractivity contribution in [3.63, 3.8) is 0 Å². The molecule has 0 spiro atoms. The lowest BCUT2D eigenvalue weighted by atomic mass is 10.2. The van der Waals surface area contributed by atoms with Crippen molar-refractivity contribution in [1.82, 2.24) is 9.71 Å². The van der Waals surface area contributed by atoms with Gasteiger partial charge in [0, 0.05) is 16.0 Å². The summed E-state index contributed by atoms with van der Waals surface area (Å²) in [5.74, 6) is 0. The molecule has 0 amide bonds. The van der Waals surface area contributed by atoms with E-state index in [0.717, 1.165) is 10.6 Å². The normalized spacial score (nSPS) is 13.4. The second-order valence-corrected chi connectivity index (χ2v) is 7.61. The molecule has 1 unspecified atom stereocenters. The van der Waals surface area contributed by atoms with Gasteiger partial charge in [-0.25, -0.2) is 18.1 Å². The Morgan fingerprint density at radius 1 is 1.42 bits per heavy atom. The van der Waals surface area contributed by atoms with E-state index < -0.39 is 10.0 Å². The Bertz CT molecular complexity index is 669. The molecule has 102 valence electrons. The molecule has 1 aromatic heterocycles. The van der Waals surface area contributed by atoms with Crippen molar-refractivity contribution in [3.05, 3.63) is 44.8 Å². The third-order valence-corrected chi connectivity index (χ3v) is 6.01. The van der Waals surface area contributed by atoms with Gasteiger partial charge in [-0.15, -0.1) is 11.3 Å². The van der Waals surface area contributed by atoms with E-state index in [4.69, 9.17) is 0 Å². The summed E-state index contributed by atoms with van der Waals surface area (Å²) in [6.07, 6.45) is 1.66. The van der Waals surface area contributed by atoms with Crippen LogP contribution in [0.5, 0.6) is 0 Å². The van der Waals surface area contributed by atoms with Crippen LogP contribution in [0.1, 0.15) is 23.5 Å². The van der Waals surface area contributed by atoms with Crippen LogP contribution in [0.2, 0.25) is 0 Å². The first kappa shape index (κ1) is 14.6. The van der Waals surface area contributed by atoms with Gasteiger partial charge in [-0.2, -0.15) is 0 Å². The van der Waals surface area contributed by atoms with Gasteiger partial charge in [-0.3, -0.25) is 0 Å². The maximum Gasteiger partial charge on any atom is 0.242 e. The lowest BCUT2D eigenvalue weighted by molar-refractivity contribution is 0.566. The second kappa shape index (κ2) is 5.70. The topological polar surface area (TPSA) is 59.1 Å². The highest BCUT2D eigenvalue weighted by molar-refractivity contribution is 9.10. The summed E-state index contributed by atoms with van der Waals surface area (Å²) >= 11 is 4.71. The van der Waals surface area contributed by atoms with Crippen molar-refractivity contribution in [3.8, 4) is 0 Å². The Labute approximate surface area is 125 Å². The van der Waals surface area contributed by atoms with E-state index >= 15 is 0 Å². The molecule has 0 fully saturated rings. The van der Waals surface area contributed by atoms with Gasteiger partial charge in [0.1, 0.15) is 5.01 Å². The first-order valence-corrected chi connectivity index (χ1v) is 8.73. The number of hydrogen-bond donors (Lipinski definition) is 1. The van der Waals surface area contributed by atoms with Crippen molar-refractivity contribution in [2.45, 2.75) is 24.8 Å². The van der Waals surface area contributed by atoms with Crippen LogP contribution in [-0.4, -0.2) is 13.4 Å². The van der Waals surface area contributed by atoms with E-state index in [9.17, 15) is 8.42 Å². The van der Waals surface area contributed by atoms with Gasteiger partial charge < -0.3 is 0 Å². The van der Waals surface area contributed by atoms with Crippen molar-refractivity contribution in [1.29, 1.82) is 0 Å². The number of nitrogens with zero attached hydrogens (tertiary/aromatic N) is 1. The zero-order valence-electron chi connectivity index (χ0n) is 10.4. The number of hydrogen-bond acceptors (Lipinski definition) is 4. The number of aryl methyl sites for hydroxylation is 1. The van der Waals surface area contributed by atoms with Gasteiger partial charge in [0.15, 0.2) is 0 Å². The van der Waals surface area contributed by atoms with Gasteiger partial charge in [-0.1, -0.05) is 6.07 Å². The molecule has 1 heterocycles. The minimum Gasteiger partial charge on any atom is -0.248 e. The fraction of sp³-hybridized carbons (Fsp3) is 0.250. The Morgan fingerprint density at radius 2 is 2.16 bits per heavy atom. The molecular formula is C12H13BrN2O2S2. The third-order valence-electron chi connectivity index (χ3n) is 2.53. The van der Waals surface area contributed by atoms with Crippen molar-refractivity contribution < 1.29 is 8.42 Å². The van der Waals surface area contributed by atoms with Crippen LogP contribution >= 0.6 is 27.3 Å². The molecular weight excluding hydrogens is 348 g/mol. The number of aromatic nitrogens is 1. The van der Waals surface area contributed by atoms with Crippen LogP contribution in [0.25, 0.3) is 0 Å². The van der Waals surface area contributed by atoms with E-state index in [2.05, 4.69) is 25.6 Å². The number of rotatable bonds is 4. The summed E-state index contributed by atoms with van der Waals surface area (Å²) in [6.45, 7) is 3.69. The van der Waals surface area contributed by atoms with Crippen molar-refractivity contribution >= 4 is 37.3 Å². The molecule has 0 aliphatic rings. The lowest BCUT2D eigenvalue weighted by Crippen LogP contribution is -2.27. The first-order chi connectivity index (χ1) is 8.90. The highest BCUT2D eigenvalue weighted by atomic mass is 79.9. The van der Waals surface area contributed by atoms with Gasteiger partial charge in [0.2, 0.25) is 10.0 Å². The molecule has 0 saturated carbocycles. The highest BCUT2D eigenvalue weighted by Crippen LogP contribution is 2.25. The minimum absolute atomic E-state index is 0.238. The number of thiazole rings is 1. The highest BCUT2D eigenvalue weighted by Gasteiger charge is 2.21. The smallest absolute Gasteiger partial charge is 0.242 e. The van der Waals surface area contributed by atoms with Gasteiger partial charge in [-0.05, 0) is 47.5 Å². The number of benzene rings is 1. The molecule has 4 nitrogen and oxygen atoms in total. The number of halogens is 1. The largest absolute Gasteiger partial charge is 0.248 e. The molecule has 0 aliphatic heterocycles. The number of nitrogens with one attached hydrogen (secondary N) is 1. The molecule has 19 heavy (non-hydrogen) atoms. The summed E-state index contributed by atoms with van der Waals surface area (Å²) in [5.41, 5.74) is 0.999. The third kappa shape index (κ3) is 3.42. The summed E-state index contributed by atoms with van der Waals surface area (Å²) in [6, 6.07) is 4.80. The SMILES string of the molecule is Cc1ccc(S(=O)(=O)NC(C)c2nccs2)c(Br)c1. The minimum atomic E-state index is -3.56. The zero-order chi connectivity index (χ0) is 14.0. The standard InChI is InChI=1S/C12H13BrN2O2S2/c1-8-3-4-11(10(13)7-8)19(16,17)15-9(2)12-14-5-6-18-12/h3-7,9,15H,1-2H3. The average Bonchev–Trinajstić information content (AvgIpc) is 2.80. The van der Waals surface area contributed by atoms with Crippen LogP contribution in [0.15, 0.2) is 39.1 Å².